The van der Waals surface area contributed by atoms with Crippen molar-refractivity contribution in [3.8, 4) is 0 Å². The summed E-state index contributed by atoms with van der Waals surface area (Å²) in [5.41, 5.74) is 2.49. The van der Waals surface area contributed by atoms with Crippen LogP contribution in [-0.2, 0) is 33.8 Å². The zero-order chi connectivity index (χ0) is 29.2. The zero-order valence-electron chi connectivity index (χ0n) is 23.5. The minimum absolute atomic E-state index is 0.0390. The summed E-state index contributed by atoms with van der Waals surface area (Å²) in [4.78, 5) is 41.3. The first-order valence-corrected chi connectivity index (χ1v) is 13.9. The maximum absolute atomic E-state index is 13.8. The van der Waals surface area contributed by atoms with Gasteiger partial charge in [-0.15, -0.1) is 0 Å². The van der Waals surface area contributed by atoms with Gasteiger partial charge in [-0.25, -0.2) is 8.78 Å². The van der Waals surface area contributed by atoms with E-state index in [1.807, 2.05) is 25.1 Å². The Morgan fingerprint density at radius 1 is 1.07 bits per heavy atom. The van der Waals surface area contributed by atoms with Crippen LogP contribution < -0.4 is 10.6 Å². The van der Waals surface area contributed by atoms with Gasteiger partial charge in [0.15, 0.2) is 0 Å². The van der Waals surface area contributed by atoms with Gasteiger partial charge in [0.1, 0.15) is 30.8 Å². The molecule has 3 atom stereocenters. The van der Waals surface area contributed by atoms with Crippen molar-refractivity contribution in [3.05, 3.63) is 70.8 Å². The van der Waals surface area contributed by atoms with E-state index in [1.165, 1.54) is 15.4 Å². The topological polar surface area (TPSA) is 102 Å². The molecule has 0 aliphatic carbocycles. The number of rotatable bonds is 14. The lowest BCUT2D eigenvalue weighted by Crippen LogP contribution is -2.61. The Kier molecular flexibility index (Phi) is 11.6. The summed E-state index contributed by atoms with van der Waals surface area (Å²) in [6.07, 6.45) is 1.42. The van der Waals surface area contributed by atoms with Gasteiger partial charge in [0.25, 0.3) is 0 Å². The minimum atomic E-state index is -1.10. The first-order valence-electron chi connectivity index (χ1n) is 13.9. The molecule has 1 heterocycles. The number of aliphatic hydroxyl groups excluding tert-OH is 1. The highest BCUT2D eigenvalue weighted by atomic mass is 19.1. The Balaban J connectivity index is 1.66. The van der Waals surface area contributed by atoms with E-state index in [-0.39, 0.29) is 43.4 Å². The molecular weight excluding hydrogens is 518 g/mol. The van der Waals surface area contributed by atoms with E-state index in [1.54, 1.807) is 6.92 Å². The van der Waals surface area contributed by atoms with Crippen LogP contribution in [0, 0.1) is 11.6 Å². The van der Waals surface area contributed by atoms with Crippen LogP contribution in [0.3, 0.4) is 0 Å². The highest BCUT2D eigenvalue weighted by molar-refractivity contribution is 5.96. The van der Waals surface area contributed by atoms with Gasteiger partial charge in [0.2, 0.25) is 17.7 Å². The van der Waals surface area contributed by atoms with Crippen LogP contribution >= 0.6 is 0 Å². The Bertz CT molecular complexity index is 1160. The third-order valence-corrected chi connectivity index (χ3v) is 7.14. The SMILES string of the molecule is CCCCN1C(=O)CN(CC(=O)N[C@@H](Cc2cc(F)cc(F)c2)[C@H](O)CNCc2cccc(CC)c2)C(=O)[C@H]1C. The summed E-state index contributed by atoms with van der Waals surface area (Å²) >= 11 is 0. The second-order valence-corrected chi connectivity index (χ2v) is 10.3. The summed E-state index contributed by atoms with van der Waals surface area (Å²) in [7, 11) is 0. The Hall–Kier alpha value is -3.37. The highest BCUT2D eigenvalue weighted by Crippen LogP contribution is 2.15. The Morgan fingerprint density at radius 3 is 2.45 bits per heavy atom. The molecule has 1 aliphatic heterocycles. The van der Waals surface area contributed by atoms with Gasteiger partial charge in [-0.1, -0.05) is 44.5 Å². The summed E-state index contributed by atoms with van der Waals surface area (Å²) < 4.78 is 27.7. The van der Waals surface area contributed by atoms with Crippen LogP contribution in [0.4, 0.5) is 8.78 Å². The average molecular weight is 559 g/mol. The summed E-state index contributed by atoms with van der Waals surface area (Å²) in [6, 6.07) is 9.50. The fourth-order valence-electron chi connectivity index (χ4n) is 4.88. The van der Waals surface area contributed by atoms with Crippen LogP contribution in [0.15, 0.2) is 42.5 Å². The molecule has 0 unspecified atom stereocenters. The molecule has 2 aromatic carbocycles. The molecule has 0 saturated carbocycles. The number of hydrogen-bond donors (Lipinski definition) is 3. The van der Waals surface area contributed by atoms with Crippen molar-refractivity contribution < 1.29 is 28.3 Å². The maximum Gasteiger partial charge on any atom is 0.246 e. The largest absolute Gasteiger partial charge is 0.390 e. The number of carbonyl (C=O) groups is 3. The molecule has 3 N–H and O–H groups in total. The van der Waals surface area contributed by atoms with Crippen LogP contribution in [0.2, 0.25) is 0 Å². The molecule has 3 amide bonds. The van der Waals surface area contributed by atoms with E-state index >= 15 is 0 Å². The van der Waals surface area contributed by atoms with Crippen molar-refractivity contribution in [3.63, 3.8) is 0 Å². The zero-order valence-corrected chi connectivity index (χ0v) is 23.5. The van der Waals surface area contributed by atoms with E-state index in [0.29, 0.717) is 13.1 Å². The lowest BCUT2D eigenvalue weighted by atomic mass is 10.0. The number of benzene rings is 2. The number of amides is 3. The minimum Gasteiger partial charge on any atom is -0.390 e. The number of piperazine rings is 1. The monoisotopic (exact) mass is 558 g/mol. The molecule has 40 heavy (non-hydrogen) atoms. The van der Waals surface area contributed by atoms with Gasteiger partial charge in [-0.2, -0.15) is 0 Å². The van der Waals surface area contributed by atoms with E-state index in [2.05, 4.69) is 23.6 Å². The Labute approximate surface area is 234 Å². The molecule has 0 radical (unpaired) electrons. The van der Waals surface area contributed by atoms with Gasteiger partial charge in [-0.3, -0.25) is 14.4 Å². The second-order valence-electron chi connectivity index (χ2n) is 10.3. The van der Waals surface area contributed by atoms with Crippen molar-refractivity contribution >= 4 is 17.7 Å². The smallest absolute Gasteiger partial charge is 0.246 e. The second kappa shape index (κ2) is 14.9. The van der Waals surface area contributed by atoms with Crippen molar-refractivity contribution in [2.45, 2.75) is 71.2 Å². The lowest BCUT2D eigenvalue weighted by Gasteiger charge is -2.38. The normalized spacial score (nSPS) is 17.2. The molecule has 0 bridgehead atoms. The van der Waals surface area contributed by atoms with Crippen molar-refractivity contribution in [1.82, 2.24) is 20.4 Å². The lowest BCUT2D eigenvalue weighted by molar-refractivity contribution is -0.156. The van der Waals surface area contributed by atoms with Crippen LogP contribution in [-0.4, -0.2) is 77.0 Å². The van der Waals surface area contributed by atoms with E-state index in [0.717, 1.165) is 43.0 Å². The molecule has 3 rings (SSSR count). The number of carbonyl (C=O) groups excluding carboxylic acids is 3. The number of nitrogens with one attached hydrogen (secondary N) is 2. The molecule has 1 saturated heterocycles. The van der Waals surface area contributed by atoms with Gasteiger partial charge in [0.05, 0.1) is 12.1 Å². The van der Waals surface area contributed by atoms with Crippen molar-refractivity contribution in [2.75, 3.05) is 26.2 Å². The number of unbranched alkanes of at least 4 members (excludes halogenated alkanes) is 1. The molecular formula is C30H40F2N4O4. The van der Waals surface area contributed by atoms with Gasteiger partial charge in [-0.05, 0) is 55.0 Å². The predicted molar refractivity (Wildman–Crippen MR) is 148 cm³/mol. The number of aryl methyl sites for hydroxylation is 1. The number of halogens is 2. The molecule has 8 nitrogen and oxygen atoms in total. The highest BCUT2D eigenvalue weighted by Gasteiger charge is 2.37. The van der Waals surface area contributed by atoms with E-state index < -0.39 is 35.7 Å². The predicted octanol–water partition coefficient (Wildman–Crippen LogP) is 2.56. The molecule has 1 aliphatic rings. The first kappa shape index (κ1) is 31.2. The summed E-state index contributed by atoms with van der Waals surface area (Å²) in [5, 5.41) is 16.9. The maximum atomic E-state index is 13.8. The molecule has 2 aromatic rings. The number of nitrogens with zero attached hydrogens (tertiary/aromatic N) is 2. The van der Waals surface area contributed by atoms with Crippen molar-refractivity contribution in [2.24, 2.45) is 0 Å². The Morgan fingerprint density at radius 2 is 1.77 bits per heavy atom. The van der Waals surface area contributed by atoms with Crippen molar-refractivity contribution in [1.29, 1.82) is 0 Å². The van der Waals surface area contributed by atoms with Crippen LogP contribution in [0.25, 0.3) is 0 Å². The van der Waals surface area contributed by atoms with Gasteiger partial charge < -0.3 is 25.5 Å². The number of aliphatic hydroxyl groups is 1. The van der Waals surface area contributed by atoms with E-state index in [4.69, 9.17) is 0 Å². The summed E-state index contributed by atoms with van der Waals surface area (Å²) in [6.45, 7) is 6.20. The average Bonchev–Trinajstić information content (AvgIpc) is 2.90. The molecule has 10 heteroatoms. The quantitative estimate of drug-likeness (QED) is 0.331. The fourth-order valence-corrected chi connectivity index (χ4v) is 4.88. The summed E-state index contributed by atoms with van der Waals surface area (Å²) in [5.74, 6) is -2.65. The third-order valence-electron chi connectivity index (χ3n) is 7.14. The first-order chi connectivity index (χ1) is 19.1. The molecule has 218 valence electrons. The van der Waals surface area contributed by atoms with Crippen LogP contribution in [0.1, 0.15) is 50.3 Å². The van der Waals surface area contributed by atoms with Gasteiger partial charge >= 0.3 is 0 Å². The van der Waals surface area contributed by atoms with Crippen LogP contribution in [0.5, 0.6) is 0 Å². The fraction of sp³-hybridized carbons (Fsp3) is 0.500. The molecule has 0 aromatic heterocycles. The third kappa shape index (κ3) is 8.82. The van der Waals surface area contributed by atoms with E-state index in [9.17, 15) is 28.3 Å². The van der Waals surface area contributed by atoms with Gasteiger partial charge in [0, 0.05) is 25.7 Å². The standard InChI is InChI=1S/C30H40F2N4O4/c1-4-6-10-36-20(3)30(40)35(19-29(36)39)18-28(38)34-26(14-23-12-24(31)15-25(32)13-23)27(37)17-33-16-22-9-7-8-21(5-2)11-22/h7-9,11-13,15,20,26-27,33,37H,4-6,10,14,16-19H2,1-3H3,(H,34,38)/t20-,26+,27-/m1/s1. The molecule has 0 spiro atoms. The molecule has 1 fully saturated rings. The number of hydrogen-bond acceptors (Lipinski definition) is 5.